The first-order valence-electron chi connectivity index (χ1n) is 6.58. The van der Waals surface area contributed by atoms with Crippen molar-refractivity contribution in [1.82, 2.24) is 14.8 Å². The number of hydrogen-bond donors (Lipinski definition) is 1. The zero-order chi connectivity index (χ0) is 13.2. The van der Waals surface area contributed by atoms with Crippen LogP contribution in [0.5, 0.6) is 0 Å². The normalized spacial score (nSPS) is 31.2. The Labute approximate surface area is 110 Å². The van der Waals surface area contributed by atoms with E-state index < -0.39 is 0 Å². The Morgan fingerprint density at radius 3 is 2.83 bits per heavy atom. The minimum absolute atomic E-state index is 0.326. The van der Waals surface area contributed by atoms with E-state index in [1.54, 1.807) is 0 Å². The minimum Gasteiger partial charge on any atom is -0.312 e. The van der Waals surface area contributed by atoms with Crippen molar-refractivity contribution in [3.63, 3.8) is 0 Å². The van der Waals surface area contributed by atoms with Crippen LogP contribution in [0.2, 0.25) is 0 Å². The lowest BCUT2D eigenvalue weighted by Crippen LogP contribution is -2.60. The molecule has 0 bridgehead atoms. The van der Waals surface area contributed by atoms with Gasteiger partial charge in [0.15, 0.2) is 0 Å². The van der Waals surface area contributed by atoms with Crippen LogP contribution in [-0.2, 0) is 6.42 Å². The molecule has 0 radical (unpaired) electrons. The summed E-state index contributed by atoms with van der Waals surface area (Å²) in [5, 5.41) is 0. The van der Waals surface area contributed by atoms with Gasteiger partial charge in [0, 0.05) is 37.9 Å². The van der Waals surface area contributed by atoms with Gasteiger partial charge in [-0.25, -0.2) is 0 Å². The Morgan fingerprint density at radius 1 is 1.39 bits per heavy atom. The highest BCUT2D eigenvalue weighted by Crippen LogP contribution is 2.20. The van der Waals surface area contributed by atoms with Crippen LogP contribution in [0.15, 0.2) is 24.4 Å². The fraction of sp³-hybridized carbons (Fsp3) is 0.643. The van der Waals surface area contributed by atoms with Crippen molar-refractivity contribution in [3.8, 4) is 0 Å². The number of nitrogens with two attached hydrogens (primary N) is 1. The molecule has 0 amide bonds. The largest absolute Gasteiger partial charge is 0.312 e. The first-order chi connectivity index (χ1) is 8.49. The first kappa shape index (κ1) is 13.5. The van der Waals surface area contributed by atoms with Crippen molar-refractivity contribution >= 4 is 0 Å². The van der Waals surface area contributed by atoms with Gasteiger partial charge in [0.1, 0.15) is 0 Å². The van der Waals surface area contributed by atoms with Crippen LogP contribution < -0.4 is 5.73 Å². The van der Waals surface area contributed by atoms with E-state index in [-0.39, 0.29) is 5.66 Å². The topological polar surface area (TPSA) is 45.4 Å². The molecule has 2 atom stereocenters. The van der Waals surface area contributed by atoms with Gasteiger partial charge in [0.2, 0.25) is 0 Å². The monoisotopic (exact) mass is 248 g/mol. The molecule has 1 aromatic rings. The van der Waals surface area contributed by atoms with Gasteiger partial charge >= 0.3 is 0 Å². The summed E-state index contributed by atoms with van der Waals surface area (Å²) < 4.78 is 0. The molecule has 18 heavy (non-hydrogen) atoms. The van der Waals surface area contributed by atoms with Crippen LogP contribution in [0.3, 0.4) is 0 Å². The average Bonchev–Trinajstić information content (AvgIpc) is 2.37. The van der Waals surface area contributed by atoms with Crippen molar-refractivity contribution in [2.45, 2.75) is 19.0 Å². The van der Waals surface area contributed by atoms with Gasteiger partial charge in [-0.05, 0) is 32.1 Å². The SMILES string of the molecule is CC1CN(C)CC(N)(Cc2ccccn2)N(C)C1. The van der Waals surface area contributed by atoms with Crippen LogP contribution in [0.4, 0.5) is 0 Å². The van der Waals surface area contributed by atoms with Crippen LogP contribution in [0, 0.1) is 5.92 Å². The lowest BCUT2D eigenvalue weighted by Gasteiger charge is -2.38. The molecule has 100 valence electrons. The average molecular weight is 248 g/mol. The number of likely N-dealkylation sites (N-methyl/N-ethyl adjacent to an activating group) is 2. The van der Waals surface area contributed by atoms with Crippen molar-refractivity contribution in [2.75, 3.05) is 33.7 Å². The Kier molecular flexibility index (Phi) is 4.00. The number of hydrogen-bond acceptors (Lipinski definition) is 4. The highest BCUT2D eigenvalue weighted by atomic mass is 15.3. The summed E-state index contributed by atoms with van der Waals surface area (Å²) in [5.41, 5.74) is 7.37. The van der Waals surface area contributed by atoms with E-state index in [1.165, 1.54) is 0 Å². The molecule has 2 N–H and O–H groups in total. The van der Waals surface area contributed by atoms with Gasteiger partial charge < -0.3 is 10.6 Å². The molecule has 0 spiro atoms. The van der Waals surface area contributed by atoms with E-state index in [0.29, 0.717) is 5.92 Å². The summed E-state index contributed by atoms with van der Waals surface area (Å²) in [7, 11) is 4.27. The fourth-order valence-corrected chi connectivity index (χ4v) is 2.90. The quantitative estimate of drug-likeness (QED) is 0.840. The highest BCUT2D eigenvalue weighted by Gasteiger charge is 2.35. The van der Waals surface area contributed by atoms with E-state index in [0.717, 1.165) is 31.7 Å². The van der Waals surface area contributed by atoms with Crippen molar-refractivity contribution in [1.29, 1.82) is 0 Å². The van der Waals surface area contributed by atoms with Crippen LogP contribution in [-0.4, -0.2) is 54.2 Å². The molecular weight excluding hydrogens is 224 g/mol. The highest BCUT2D eigenvalue weighted by molar-refractivity contribution is 5.09. The van der Waals surface area contributed by atoms with Gasteiger partial charge in [0.25, 0.3) is 0 Å². The Balaban J connectivity index is 2.16. The van der Waals surface area contributed by atoms with Crippen molar-refractivity contribution in [2.24, 2.45) is 11.7 Å². The van der Waals surface area contributed by atoms with Gasteiger partial charge in [-0.2, -0.15) is 0 Å². The predicted octanol–water partition coefficient (Wildman–Crippen LogP) is 0.792. The summed E-state index contributed by atoms with van der Waals surface area (Å²) in [5.74, 6) is 0.647. The summed E-state index contributed by atoms with van der Waals surface area (Å²) >= 11 is 0. The molecule has 4 nitrogen and oxygen atoms in total. The fourth-order valence-electron chi connectivity index (χ4n) is 2.90. The maximum Gasteiger partial charge on any atom is 0.0871 e. The number of rotatable bonds is 2. The smallest absolute Gasteiger partial charge is 0.0871 e. The zero-order valence-corrected chi connectivity index (χ0v) is 11.6. The Hall–Kier alpha value is -0.970. The van der Waals surface area contributed by atoms with Crippen LogP contribution in [0.1, 0.15) is 12.6 Å². The molecule has 1 fully saturated rings. The minimum atomic E-state index is -0.326. The number of aromatic nitrogens is 1. The molecule has 1 aliphatic heterocycles. The lowest BCUT2D eigenvalue weighted by molar-refractivity contribution is 0.107. The summed E-state index contributed by atoms with van der Waals surface area (Å²) in [6.07, 6.45) is 2.63. The Bertz CT molecular complexity index is 381. The molecule has 0 saturated carbocycles. The number of pyridine rings is 1. The molecule has 1 aromatic heterocycles. The lowest BCUT2D eigenvalue weighted by atomic mass is 10.0. The van der Waals surface area contributed by atoms with Crippen molar-refractivity contribution in [3.05, 3.63) is 30.1 Å². The van der Waals surface area contributed by atoms with Gasteiger partial charge in [-0.1, -0.05) is 13.0 Å². The third-order valence-corrected chi connectivity index (χ3v) is 3.73. The molecule has 2 unspecified atom stereocenters. The molecule has 1 aliphatic rings. The third-order valence-electron chi connectivity index (χ3n) is 3.73. The summed E-state index contributed by atoms with van der Waals surface area (Å²) in [6.45, 7) is 5.29. The maximum absolute atomic E-state index is 6.63. The summed E-state index contributed by atoms with van der Waals surface area (Å²) in [6, 6.07) is 6.02. The van der Waals surface area contributed by atoms with Gasteiger partial charge in [0.05, 0.1) is 5.66 Å². The molecule has 4 heteroatoms. The van der Waals surface area contributed by atoms with E-state index in [2.05, 4.69) is 41.9 Å². The van der Waals surface area contributed by atoms with Crippen LogP contribution >= 0.6 is 0 Å². The van der Waals surface area contributed by atoms with Crippen LogP contribution in [0.25, 0.3) is 0 Å². The molecule has 0 aliphatic carbocycles. The first-order valence-corrected chi connectivity index (χ1v) is 6.58. The molecule has 0 aromatic carbocycles. The third kappa shape index (κ3) is 3.07. The molecule has 1 saturated heterocycles. The zero-order valence-electron chi connectivity index (χ0n) is 11.6. The molecule has 2 heterocycles. The molecule has 2 rings (SSSR count). The van der Waals surface area contributed by atoms with Gasteiger partial charge in [-0.15, -0.1) is 0 Å². The van der Waals surface area contributed by atoms with E-state index in [9.17, 15) is 0 Å². The second-order valence-electron chi connectivity index (χ2n) is 5.78. The second kappa shape index (κ2) is 5.34. The van der Waals surface area contributed by atoms with Gasteiger partial charge in [-0.3, -0.25) is 9.88 Å². The van der Waals surface area contributed by atoms with Crippen molar-refractivity contribution < 1.29 is 0 Å². The molecular formula is C14H24N4. The predicted molar refractivity (Wildman–Crippen MR) is 74.2 cm³/mol. The standard InChI is InChI=1S/C14H24N4/c1-12-9-17(2)11-14(15,18(3)10-12)8-13-6-4-5-7-16-13/h4-7,12H,8-11,15H2,1-3H3. The Morgan fingerprint density at radius 2 is 2.17 bits per heavy atom. The second-order valence-corrected chi connectivity index (χ2v) is 5.78. The maximum atomic E-state index is 6.63. The number of nitrogens with zero attached hydrogens (tertiary/aromatic N) is 3. The summed E-state index contributed by atoms with van der Waals surface area (Å²) in [4.78, 5) is 9.02. The van der Waals surface area contributed by atoms with E-state index in [1.807, 2.05) is 18.3 Å². The van der Waals surface area contributed by atoms with E-state index >= 15 is 0 Å². The van der Waals surface area contributed by atoms with E-state index in [4.69, 9.17) is 5.73 Å².